The van der Waals surface area contributed by atoms with Gasteiger partial charge in [-0.15, -0.1) is 0 Å². The minimum Gasteiger partial charge on any atom is -0.435 e. The fourth-order valence-electron chi connectivity index (χ4n) is 2.69. The maximum absolute atomic E-state index is 14.3. The maximum Gasteiger partial charge on any atom is 0.289 e. The quantitative estimate of drug-likeness (QED) is 0.607. The van der Waals surface area contributed by atoms with Gasteiger partial charge in [-0.1, -0.05) is 12.6 Å². The number of carbonyl (C=O) groups excluding carboxylic acids is 1. The van der Waals surface area contributed by atoms with Crippen molar-refractivity contribution in [1.29, 1.82) is 0 Å². The highest BCUT2D eigenvalue weighted by Crippen LogP contribution is 2.34. The lowest BCUT2D eigenvalue weighted by molar-refractivity contribution is -0.111. The molecule has 3 aromatic rings. The molecular formula is C21H20FN5O3. The molecule has 0 aliphatic carbocycles. The van der Waals surface area contributed by atoms with Crippen LogP contribution in [0.25, 0.3) is 11.3 Å². The van der Waals surface area contributed by atoms with E-state index in [1.807, 2.05) is 0 Å². The van der Waals surface area contributed by atoms with Crippen LogP contribution in [0.15, 0.2) is 54.0 Å². The molecule has 154 valence electrons. The third-order valence-electron chi connectivity index (χ3n) is 4.21. The topological polar surface area (TPSA) is 98.1 Å². The van der Waals surface area contributed by atoms with Gasteiger partial charge >= 0.3 is 0 Å². The largest absolute Gasteiger partial charge is 0.435 e. The molecule has 2 N–H and O–H groups in total. The molecule has 3 rings (SSSR count). The minimum atomic E-state index is -0.545. The number of ether oxygens (including phenoxy) is 1. The van der Waals surface area contributed by atoms with Crippen molar-refractivity contribution >= 4 is 17.3 Å². The summed E-state index contributed by atoms with van der Waals surface area (Å²) in [5.74, 6) is -0.931. The van der Waals surface area contributed by atoms with Crippen molar-refractivity contribution in [3.63, 3.8) is 0 Å². The van der Waals surface area contributed by atoms with Crippen molar-refractivity contribution < 1.29 is 13.9 Å². The Kier molecular flexibility index (Phi) is 5.91. The first-order valence-electron chi connectivity index (χ1n) is 8.96. The van der Waals surface area contributed by atoms with E-state index in [0.29, 0.717) is 22.6 Å². The normalized spacial score (nSPS) is 10.4. The summed E-state index contributed by atoms with van der Waals surface area (Å²) in [4.78, 5) is 28.1. The lowest BCUT2D eigenvalue weighted by Gasteiger charge is -2.14. The van der Waals surface area contributed by atoms with Crippen LogP contribution in [0.1, 0.15) is 5.56 Å². The molecule has 2 heterocycles. The van der Waals surface area contributed by atoms with Gasteiger partial charge in [0.2, 0.25) is 11.8 Å². The van der Waals surface area contributed by atoms with Crippen LogP contribution >= 0.6 is 0 Å². The molecule has 0 unspecified atom stereocenters. The van der Waals surface area contributed by atoms with E-state index in [1.54, 1.807) is 26.1 Å². The molecule has 0 fully saturated rings. The van der Waals surface area contributed by atoms with E-state index in [-0.39, 0.29) is 17.2 Å². The van der Waals surface area contributed by atoms with Crippen LogP contribution in [0, 0.1) is 12.7 Å². The van der Waals surface area contributed by atoms with Crippen LogP contribution in [-0.4, -0.2) is 27.7 Å². The summed E-state index contributed by atoms with van der Waals surface area (Å²) in [6.45, 7) is 5.18. The molecule has 0 radical (unpaired) electrons. The lowest BCUT2D eigenvalue weighted by Crippen LogP contribution is -2.22. The maximum atomic E-state index is 14.3. The van der Waals surface area contributed by atoms with E-state index in [4.69, 9.17) is 4.74 Å². The summed E-state index contributed by atoms with van der Waals surface area (Å²) in [6.07, 6.45) is 2.49. The summed E-state index contributed by atoms with van der Waals surface area (Å²) in [6, 6.07) is 7.65. The van der Waals surface area contributed by atoms with Crippen molar-refractivity contribution in [3.05, 3.63) is 70.9 Å². The number of halogens is 1. The van der Waals surface area contributed by atoms with Gasteiger partial charge in [-0.2, -0.15) is 5.10 Å². The van der Waals surface area contributed by atoms with Gasteiger partial charge in [0.05, 0.1) is 23.1 Å². The van der Waals surface area contributed by atoms with Crippen molar-refractivity contribution in [1.82, 2.24) is 14.8 Å². The van der Waals surface area contributed by atoms with Crippen molar-refractivity contribution in [2.75, 3.05) is 17.7 Å². The number of nitrogens with one attached hydrogen (secondary N) is 2. The van der Waals surface area contributed by atoms with Gasteiger partial charge in [-0.3, -0.25) is 9.59 Å². The molecule has 0 aliphatic rings. The molecule has 30 heavy (non-hydrogen) atoms. The van der Waals surface area contributed by atoms with E-state index in [0.717, 1.165) is 16.3 Å². The van der Waals surface area contributed by atoms with Crippen molar-refractivity contribution in [2.24, 2.45) is 7.05 Å². The van der Waals surface area contributed by atoms with Crippen molar-refractivity contribution in [2.45, 2.75) is 6.92 Å². The minimum absolute atomic E-state index is 0.0177. The van der Waals surface area contributed by atoms with E-state index in [2.05, 4.69) is 27.3 Å². The van der Waals surface area contributed by atoms with Crippen LogP contribution in [0.5, 0.6) is 11.6 Å². The predicted molar refractivity (Wildman–Crippen MR) is 112 cm³/mol. The monoisotopic (exact) mass is 409 g/mol. The second kappa shape index (κ2) is 8.56. The molecule has 1 amide bonds. The average molecular weight is 409 g/mol. The van der Waals surface area contributed by atoms with Gasteiger partial charge < -0.3 is 15.4 Å². The SMILES string of the molecule is C=CC(=O)Nc1cnc(Oc2ccc(C)cc2F)c(-c2cc(NC)c(=O)n(C)n2)c1. The number of rotatable bonds is 6. The second-order valence-electron chi connectivity index (χ2n) is 6.43. The lowest BCUT2D eigenvalue weighted by atomic mass is 10.1. The van der Waals surface area contributed by atoms with Gasteiger partial charge in [0.25, 0.3) is 5.56 Å². The number of aryl methyl sites for hydroxylation is 2. The van der Waals surface area contributed by atoms with E-state index in [9.17, 15) is 14.0 Å². The molecule has 9 heteroatoms. The number of amides is 1. The third-order valence-corrected chi connectivity index (χ3v) is 4.21. The highest BCUT2D eigenvalue weighted by molar-refractivity contribution is 5.99. The highest BCUT2D eigenvalue weighted by Gasteiger charge is 2.17. The Morgan fingerprint density at radius 2 is 2.07 bits per heavy atom. The van der Waals surface area contributed by atoms with Crippen LogP contribution in [0.2, 0.25) is 0 Å². The highest BCUT2D eigenvalue weighted by atomic mass is 19.1. The standard InChI is InChI=1S/C21H20FN5O3/c1-5-19(28)25-13-9-14(16-10-17(23-3)21(29)27(4)26-16)20(24-11-13)30-18-7-6-12(2)8-15(18)22/h5-11,23H,1H2,2-4H3,(H,25,28). The summed E-state index contributed by atoms with van der Waals surface area (Å²) in [5, 5.41) is 9.66. The zero-order valence-corrected chi connectivity index (χ0v) is 16.7. The molecule has 0 atom stereocenters. The van der Waals surface area contributed by atoms with Crippen LogP contribution < -0.4 is 20.9 Å². The van der Waals surface area contributed by atoms with Gasteiger partial charge in [-0.05, 0) is 42.8 Å². The molecule has 0 spiro atoms. The molecule has 0 saturated heterocycles. The predicted octanol–water partition coefficient (Wildman–Crippen LogP) is 3.25. The zero-order chi connectivity index (χ0) is 21.8. The first-order chi connectivity index (χ1) is 14.3. The van der Waals surface area contributed by atoms with Crippen molar-refractivity contribution in [3.8, 4) is 22.9 Å². The molecule has 0 aliphatic heterocycles. The second-order valence-corrected chi connectivity index (χ2v) is 6.43. The molecule has 0 saturated carbocycles. The van der Waals surface area contributed by atoms with Gasteiger partial charge in [-0.25, -0.2) is 14.1 Å². The Labute approximate surface area is 172 Å². The van der Waals surface area contributed by atoms with E-state index in [1.165, 1.54) is 31.4 Å². The molecule has 8 nitrogen and oxygen atoms in total. The van der Waals surface area contributed by atoms with E-state index < -0.39 is 11.7 Å². The summed E-state index contributed by atoms with van der Waals surface area (Å²) in [5.41, 5.74) is 1.77. The summed E-state index contributed by atoms with van der Waals surface area (Å²) >= 11 is 0. The number of hydrogen-bond acceptors (Lipinski definition) is 6. The number of aromatic nitrogens is 3. The van der Waals surface area contributed by atoms with Crippen LogP contribution in [0.4, 0.5) is 15.8 Å². The molecular weight excluding hydrogens is 389 g/mol. The Balaban J connectivity index is 2.15. The van der Waals surface area contributed by atoms with Crippen LogP contribution in [-0.2, 0) is 11.8 Å². The van der Waals surface area contributed by atoms with Crippen LogP contribution in [0.3, 0.4) is 0 Å². The molecule has 2 aromatic heterocycles. The summed E-state index contributed by atoms with van der Waals surface area (Å²) in [7, 11) is 3.11. The number of hydrogen-bond donors (Lipinski definition) is 2. The zero-order valence-electron chi connectivity index (χ0n) is 16.7. The fraction of sp³-hybridized carbons (Fsp3) is 0.143. The number of anilines is 2. The summed E-state index contributed by atoms with van der Waals surface area (Å²) < 4.78 is 21.2. The number of pyridine rings is 1. The number of benzene rings is 1. The van der Waals surface area contributed by atoms with E-state index >= 15 is 0 Å². The van der Waals surface area contributed by atoms with Gasteiger partial charge in [0, 0.05) is 14.1 Å². The third kappa shape index (κ3) is 4.35. The Hall–Kier alpha value is -4.01. The Bertz CT molecular complexity index is 1190. The smallest absolute Gasteiger partial charge is 0.289 e. The number of carbonyl (C=O) groups is 1. The molecule has 1 aromatic carbocycles. The average Bonchev–Trinajstić information content (AvgIpc) is 2.72. The fourth-order valence-corrected chi connectivity index (χ4v) is 2.69. The number of nitrogens with zero attached hydrogens (tertiary/aromatic N) is 3. The Morgan fingerprint density at radius 1 is 1.30 bits per heavy atom. The van der Waals surface area contributed by atoms with Gasteiger partial charge in [0.15, 0.2) is 11.6 Å². The first-order valence-corrected chi connectivity index (χ1v) is 8.96. The molecule has 0 bridgehead atoms. The first kappa shape index (κ1) is 20.7. The van der Waals surface area contributed by atoms with Gasteiger partial charge in [0.1, 0.15) is 5.69 Å². The Morgan fingerprint density at radius 3 is 2.73 bits per heavy atom.